The van der Waals surface area contributed by atoms with Crippen LogP contribution in [0.3, 0.4) is 0 Å². The van der Waals surface area contributed by atoms with Crippen LogP contribution in [0.25, 0.3) is 0 Å². The molecule has 1 aliphatic heterocycles. The predicted molar refractivity (Wildman–Crippen MR) is 160 cm³/mol. The number of ether oxygens (including phenoxy) is 2. The number of rotatable bonds is 13. The molecule has 2 N–H and O–H groups in total. The lowest BCUT2D eigenvalue weighted by atomic mass is 10.1. The zero-order valence-corrected chi connectivity index (χ0v) is 25.0. The summed E-state index contributed by atoms with van der Waals surface area (Å²) in [6.07, 6.45) is 10.3. The minimum atomic E-state index is -0.743. The minimum Gasteiger partial charge on any atom is -0.454 e. The summed E-state index contributed by atoms with van der Waals surface area (Å²) in [5.74, 6) is 2.28. The van der Waals surface area contributed by atoms with Gasteiger partial charge in [-0.05, 0) is 68.0 Å². The van der Waals surface area contributed by atoms with Gasteiger partial charge in [-0.3, -0.25) is 9.00 Å². The fourth-order valence-corrected chi connectivity index (χ4v) is 5.98. The van der Waals surface area contributed by atoms with Crippen LogP contribution in [0.5, 0.6) is 11.5 Å². The monoisotopic (exact) mass is 572 g/mol. The van der Waals surface area contributed by atoms with Gasteiger partial charge in [0.1, 0.15) is 5.69 Å². The molecule has 1 aliphatic rings. The van der Waals surface area contributed by atoms with E-state index in [0.717, 1.165) is 35.0 Å². The molecule has 0 saturated carbocycles. The number of carbonyl (C=O) groups excluding carboxylic acids is 1. The summed E-state index contributed by atoms with van der Waals surface area (Å²) in [4.78, 5) is 29.3. The van der Waals surface area contributed by atoms with E-state index in [-0.39, 0.29) is 16.7 Å². The van der Waals surface area contributed by atoms with Crippen LogP contribution in [0, 0.1) is 6.92 Å². The number of thioether (sulfide) groups is 1. The molecule has 7 nitrogen and oxygen atoms in total. The molecule has 2 heterocycles. The summed E-state index contributed by atoms with van der Waals surface area (Å²) in [7, 11) is -0.743. The second kappa shape index (κ2) is 15.7. The highest BCUT2D eigenvalue weighted by atomic mass is 32.2. The van der Waals surface area contributed by atoms with Gasteiger partial charge in [0.15, 0.2) is 11.5 Å². The van der Waals surface area contributed by atoms with E-state index >= 15 is 0 Å². The van der Waals surface area contributed by atoms with Crippen molar-refractivity contribution in [1.82, 2.24) is 9.97 Å². The fourth-order valence-electron chi connectivity index (χ4n) is 4.30. The quantitative estimate of drug-likeness (QED) is 0.139. The molecule has 3 aromatic rings. The highest BCUT2D eigenvalue weighted by Crippen LogP contribution is 2.33. The highest BCUT2D eigenvalue weighted by Gasteiger charge is 2.17. The molecule has 212 valence electrons. The zero-order chi connectivity index (χ0) is 28.2. The number of ketones is 1. The number of aromatic nitrogens is 2. The summed E-state index contributed by atoms with van der Waals surface area (Å²) in [6.45, 7) is 6.31. The van der Waals surface area contributed by atoms with Crippen LogP contribution in [0.4, 0.5) is 0 Å². The third kappa shape index (κ3) is 9.42. The molecule has 0 bridgehead atoms. The predicted octanol–water partition coefficient (Wildman–Crippen LogP) is 6.42. The van der Waals surface area contributed by atoms with Gasteiger partial charge in [0.25, 0.3) is 0 Å². The van der Waals surface area contributed by atoms with Crippen molar-refractivity contribution in [3.63, 3.8) is 0 Å². The van der Waals surface area contributed by atoms with Crippen LogP contribution in [-0.4, -0.2) is 44.0 Å². The van der Waals surface area contributed by atoms with E-state index in [4.69, 9.17) is 9.47 Å². The molecule has 2 aromatic carbocycles. The molecule has 0 radical (unpaired) electrons. The molecular weight excluding hydrogens is 532 g/mol. The average molecular weight is 573 g/mol. The Morgan fingerprint density at radius 1 is 1.00 bits per heavy atom. The normalized spacial score (nSPS) is 13.4. The Morgan fingerprint density at radius 3 is 2.36 bits per heavy atom. The Hall–Kier alpha value is -2.78. The van der Waals surface area contributed by atoms with Gasteiger partial charge in [-0.15, -0.1) is 11.8 Å². The lowest BCUT2D eigenvalue weighted by molar-refractivity contribution is 0.103. The Balaban J connectivity index is 0.000000223. The molecule has 2 atom stereocenters. The Bertz CT molecular complexity index is 1280. The van der Waals surface area contributed by atoms with Gasteiger partial charge >= 0.3 is 5.69 Å². The number of hydrogen-bond donors (Lipinski definition) is 2. The Labute approximate surface area is 237 Å². The molecule has 0 amide bonds. The number of carbonyl (C=O) groups is 1. The number of unbranched alkanes of at least 4 members (excludes halogenated alkanes) is 5. The van der Waals surface area contributed by atoms with E-state index in [1.54, 1.807) is 30.8 Å². The summed E-state index contributed by atoms with van der Waals surface area (Å²) in [5, 5.41) is 0.191. The summed E-state index contributed by atoms with van der Waals surface area (Å²) in [5.41, 5.74) is 2.28. The maximum absolute atomic E-state index is 12.3. The number of imidazole rings is 1. The van der Waals surface area contributed by atoms with Crippen LogP contribution in [-0.2, 0) is 17.2 Å². The Morgan fingerprint density at radius 2 is 1.69 bits per heavy atom. The topological polar surface area (TPSA) is 101 Å². The molecule has 9 heteroatoms. The van der Waals surface area contributed by atoms with Crippen LogP contribution in [0.2, 0.25) is 0 Å². The van der Waals surface area contributed by atoms with Gasteiger partial charge in [-0.1, -0.05) is 52.0 Å². The molecule has 0 fully saturated rings. The lowest BCUT2D eigenvalue weighted by Gasteiger charge is -2.12. The first kappa shape index (κ1) is 30.8. The highest BCUT2D eigenvalue weighted by molar-refractivity contribution is 7.98. The summed E-state index contributed by atoms with van der Waals surface area (Å²) < 4.78 is 23.0. The number of H-pyrrole nitrogens is 2. The van der Waals surface area contributed by atoms with Crippen molar-refractivity contribution in [1.29, 1.82) is 0 Å². The molecule has 0 saturated heterocycles. The largest absolute Gasteiger partial charge is 0.454 e. The standard InChI is InChI=1S/C18H28O3S.C12H12N2O2S/c1-3-4-5-6-7-8-11-22(19)15(2)12-16-9-10-17-18(13-16)21-14-20-17;1-7-10(14-12(16)13-7)11(15)8-3-5-9(17-2)6-4-8/h9-10,13,15H,3-8,11-12,14H2,1-2H3;3-6H,1-2H3,(H2,13,14,16). The van der Waals surface area contributed by atoms with Crippen molar-refractivity contribution in [3.05, 3.63) is 75.5 Å². The van der Waals surface area contributed by atoms with Gasteiger partial charge < -0.3 is 19.4 Å². The molecule has 0 spiro atoms. The zero-order valence-electron chi connectivity index (χ0n) is 23.3. The summed E-state index contributed by atoms with van der Waals surface area (Å²) in [6, 6.07) is 13.3. The lowest BCUT2D eigenvalue weighted by Crippen LogP contribution is -2.16. The van der Waals surface area contributed by atoms with Crippen LogP contribution >= 0.6 is 11.8 Å². The van der Waals surface area contributed by atoms with Crippen molar-refractivity contribution in [3.8, 4) is 11.5 Å². The second-order valence-corrected chi connectivity index (χ2v) is 12.5. The molecule has 39 heavy (non-hydrogen) atoms. The van der Waals surface area contributed by atoms with E-state index in [2.05, 4.69) is 23.8 Å². The number of fused-ring (bicyclic) bond motifs is 1. The van der Waals surface area contributed by atoms with E-state index < -0.39 is 10.8 Å². The maximum Gasteiger partial charge on any atom is 0.323 e. The molecular formula is C30H40N2O5S2. The Kier molecular flexibility index (Phi) is 12.4. The van der Waals surface area contributed by atoms with Crippen LogP contribution < -0.4 is 15.2 Å². The van der Waals surface area contributed by atoms with E-state index in [1.807, 2.05) is 36.6 Å². The second-order valence-electron chi connectivity index (χ2n) is 9.69. The van der Waals surface area contributed by atoms with Crippen LogP contribution in [0.1, 0.15) is 79.7 Å². The van der Waals surface area contributed by atoms with E-state index in [1.165, 1.54) is 37.7 Å². The smallest absolute Gasteiger partial charge is 0.323 e. The molecule has 4 rings (SSSR count). The van der Waals surface area contributed by atoms with Gasteiger partial charge in [-0.2, -0.15) is 0 Å². The number of aryl methyl sites for hydroxylation is 1. The first-order valence-corrected chi connectivity index (χ1v) is 16.2. The number of hydrogen-bond acceptors (Lipinski definition) is 6. The minimum absolute atomic E-state index is 0.173. The SMILES string of the molecule is CCCCCCCCS(=O)C(C)Cc1ccc2c(c1)OCO2.CSc1ccc(C(=O)c2[nH]c(=O)[nH]c2C)cc1. The first-order chi connectivity index (χ1) is 18.8. The van der Waals surface area contributed by atoms with Crippen LogP contribution in [0.15, 0.2) is 52.2 Å². The number of benzene rings is 2. The first-order valence-electron chi connectivity index (χ1n) is 13.6. The van der Waals surface area contributed by atoms with Crippen molar-refractivity contribution in [2.75, 3.05) is 18.8 Å². The van der Waals surface area contributed by atoms with Crippen molar-refractivity contribution in [2.45, 2.75) is 75.9 Å². The summed E-state index contributed by atoms with van der Waals surface area (Å²) >= 11 is 1.62. The third-order valence-electron chi connectivity index (χ3n) is 6.60. The molecule has 2 unspecified atom stereocenters. The average Bonchev–Trinajstić information content (AvgIpc) is 3.55. The van der Waals surface area contributed by atoms with Crippen molar-refractivity contribution < 1.29 is 18.5 Å². The van der Waals surface area contributed by atoms with Gasteiger partial charge in [0, 0.05) is 38.0 Å². The maximum atomic E-state index is 12.3. The van der Waals surface area contributed by atoms with Gasteiger partial charge in [0.2, 0.25) is 12.6 Å². The van der Waals surface area contributed by atoms with E-state index in [9.17, 15) is 13.8 Å². The van der Waals surface area contributed by atoms with Gasteiger partial charge in [0.05, 0.1) is 0 Å². The van der Waals surface area contributed by atoms with Gasteiger partial charge in [-0.25, -0.2) is 4.79 Å². The third-order valence-corrected chi connectivity index (χ3v) is 9.10. The molecule has 0 aliphatic carbocycles. The number of aromatic amines is 2. The van der Waals surface area contributed by atoms with E-state index in [0.29, 0.717) is 23.7 Å². The van der Waals surface area contributed by atoms with Crippen molar-refractivity contribution in [2.24, 2.45) is 0 Å². The van der Waals surface area contributed by atoms with Crippen molar-refractivity contribution >= 4 is 28.3 Å². The molecule has 1 aromatic heterocycles. The number of nitrogens with one attached hydrogen (secondary N) is 2. The fraction of sp³-hybridized carbons (Fsp3) is 0.467.